The second kappa shape index (κ2) is 5.24. The monoisotopic (exact) mass is 299 g/mol. The standard InChI is InChI=1S/C13H12F3N3O2/c1-7-2-3-18-11(8(7)4-17)19-5-9(12(20)21)10(6-19)13(14,15)16/h2-3,9-10H,5-6H2,1H3,(H,20,21)/t9-,10-/m1/s1. The molecule has 0 spiro atoms. The van der Waals surface area contributed by atoms with Gasteiger partial charge in [-0.2, -0.15) is 18.4 Å². The van der Waals surface area contributed by atoms with Gasteiger partial charge in [0.1, 0.15) is 11.9 Å². The summed E-state index contributed by atoms with van der Waals surface area (Å²) in [5.41, 5.74) is 0.759. The Bertz CT molecular complexity index is 610. The van der Waals surface area contributed by atoms with Gasteiger partial charge in [-0.1, -0.05) is 0 Å². The molecule has 1 aliphatic heterocycles. The zero-order valence-electron chi connectivity index (χ0n) is 11.1. The van der Waals surface area contributed by atoms with Crippen LogP contribution in [0.25, 0.3) is 0 Å². The Balaban J connectivity index is 2.39. The fourth-order valence-corrected chi connectivity index (χ4v) is 2.48. The summed E-state index contributed by atoms with van der Waals surface area (Å²) in [5.74, 6) is -4.91. The van der Waals surface area contributed by atoms with Crippen LogP contribution in [0.3, 0.4) is 0 Å². The molecule has 5 nitrogen and oxygen atoms in total. The van der Waals surface area contributed by atoms with Crippen LogP contribution in [0, 0.1) is 30.1 Å². The maximum Gasteiger partial charge on any atom is 0.394 e. The Morgan fingerprint density at radius 2 is 2.19 bits per heavy atom. The topological polar surface area (TPSA) is 77.2 Å². The molecule has 1 saturated heterocycles. The summed E-state index contributed by atoms with van der Waals surface area (Å²) in [5, 5.41) is 18.1. The summed E-state index contributed by atoms with van der Waals surface area (Å²) in [6.45, 7) is 0.825. The van der Waals surface area contributed by atoms with Crippen LogP contribution >= 0.6 is 0 Å². The molecule has 1 fully saturated rings. The highest BCUT2D eigenvalue weighted by Crippen LogP contribution is 2.39. The third-order valence-electron chi connectivity index (χ3n) is 3.61. The van der Waals surface area contributed by atoms with E-state index in [2.05, 4.69) is 4.98 Å². The van der Waals surface area contributed by atoms with E-state index in [1.54, 1.807) is 13.0 Å². The number of hydrogen-bond donors (Lipinski definition) is 1. The number of carboxylic acid groups (broad SMARTS) is 1. The van der Waals surface area contributed by atoms with Crippen molar-refractivity contribution in [2.45, 2.75) is 13.1 Å². The SMILES string of the molecule is Cc1ccnc(N2C[C@@H](C(F)(F)F)[C@H](C(=O)O)C2)c1C#N. The van der Waals surface area contributed by atoms with Crippen molar-refractivity contribution in [3.05, 3.63) is 23.4 Å². The fourth-order valence-electron chi connectivity index (χ4n) is 2.48. The second-order valence-corrected chi connectivity index (χ2v) is 4.94. The predicted octanol–water partition coefficient (Wildman–Crippen LogP) is 1.96. The van der Waals surface area contributed by atoms with Gasteiger partial charge in [0.15, 0.2) is 0 Å². The van der Waals surface area contributed by atoms with E-state index in [1.165, 1.54) is 11.1 Å². The van der Waals surface area contributed by atoms with E-state index in [0.29, 0.717) is 5.56 Å². The van der Waals surface area contributed by atoms with E-state index in [-0.39, 0.29) is 17.9 Å². The van der Waals surface area contributed by atoms with Gasteiger partial charge in [0.05, 0.1) is 17.4 Å². The molecule has 0 aromatic carbocycles. The summed E-state index contributed by atoms with van der Waals surface area (Å²) >= 11 is 0. The molecule has 1 aromatic heterocycles. The molecule has 1 N–H and O–H groups in total. The number of carboxylic acids is 1. The lowest BCUT2D eigenvalue weighted by Crippen LogP contribution is -2.33. The maximum atomic E-state index is 12.9. The molecular weight excluding hydrogens is 287 g/mol. The molecular formula is C13H12F3N3O2. The molecule has 0 amide bonds. The van der Waals surface area contributed by atoms with Crippen LogP contribution < -0.4 is 4.90 Å². The van der Waals surface area contributed by atoms with E-state index >= 15 is 0 Å². The maximum absolute atomic E-state index is 12.9. The first-order valence-corrected chi connectivity index (χ1v) is 6.16. The van der Waals surface area contributed by atoms with E-state index in [4.69, 9.17) is 10.4 Å². The molecule has 8 heteroatoms. The molecule has 112 valence electrons. The number of aryl methyl sites for hydroxylation is 1. The lowest BCUT2D eigenvalue weighted by Gasteiger charge is -2.20. The molecule has 2 rings (SSSR count). The Morgan fingerprint density at radius 1 is 1.52 bits per heavy atom. The third kappa shape index (κ3) is 2.77. The molecule has 0 bridgehead atoms. The number of aromatic nitrogens is 1. The Hall–Kier alpha value is -2.30. The van der Waals surface area contributed by atoms with Crippen molar-refractivity contribution in [2.24, 2.45) is 11.8 Å². The van der Waals surface area contributed by atoms with Gasteiger partial charge in [-0.3, -0.25) is 4.79 Å². The summed E-state index contributed by atoms with van der Waals surface area (Å²) in [6.07, 6.45) is -3.21. The summed E-state index contributed by atoms with van der Waals surface area (Å²) in [7, 11) is 0. The van der Waals surface area contributed by atoms with Gasteiger partial charge < -0.3 is 10.0 Å². The minimum Gasteiger partial charge on any atom is -0.481 e. The first-order valence-electron chi connectivity index (χ1n) is 6.16. The Labute approximate surface area is 118 Å². The Morgan fingerprint density at radius 3 is 2.67 bits per heavy atom. The van der Waals surface area contributed by atoms with Crippen molar-refractivity contribution in [1.82, 2.24) is 4.98 Å². The number of alkyl halides is 3. The van der Waals surface area contributed by atoms with Gasteiger partial charge >= 0.3 is 12.1 Å². The Kier molecular flexibility index (Phi) is 3.77. The molecule has 2 heterocycles. The number of nitriles is 1. The summed E-state index contributed by atoms with van der Waals surface area (Å²) in [4.78, 5) is 16.2. The molecule has 0 radical (unpaired) electrons. The summed E-state index contributed by atoms with van der Waals surface area (Å²) in [6, 6.07) is 3.48. The number of hydrogen-bond acceptors (Lipinski definition) is 4. The van der Waals surface area contributed by atoms with Crippen molar-refractivity contribution in [2.75, 3.05) is 18.0 Å². The average molecular weight is 299 g/mol. The van der Waals surface area contributed by atoms with Gasteiger partial charge in [0.25, 0.3) is 0 Å². The fraction of sp³-hybridized carbons (Fsp3) is 0.462. The van der Waals surface area contributed by atoms with E-state index < -0.39 is 30.5 Å². The highest BCUT2D eigenvalue weighted by Gasteiger charge is 2.53. The highest BCUT2D eigenvalue weighted by atomic mass is 19.4. The molecule has 1 aliphatic rings. The first kappa shape index (κ1) is 15.1. The average Bonchev–Trinajstić information content (AvgIpc) is 2.83. The highest BCUT2D eigenvalue weighted by molar-refractivity contribution is 5.73. The molecule has 0 aliphatic carbocycles. The van der Waals surface area contributed by atoms with Gasteiger partial charge in [-0.05, 0) is 18.6 Å². The van der Waals surface area contributed by atoms with Crippen molar-refractivity contribution < 1.29 is 23.1 Å². The van der Waals surface area contributed by atoms with Crippen LogP contribution in [-0.2, 0) is 4.79 Å². The van der Waals surface area contributed by atoms with Gasteiger partial charge in [-0.15, -0.1) is 0 Å². The van der Waals surface area contributed by atoms with Crippen molar-refractivity contribution in [1.29, 1.82) is 5.26 Å². The second-order valence-electron chi connectivity index (χ2n) is 4.94. The van der Waals surface area contributed by atoms with Crippen molar-refractivity contribution in [3.8, 4) is 6.07 Å². The zero-order chi connectivity index (χ0) is 15.8. The van der Waals surface area contributed by atoms with Crippen LogP contribution in [0.4, 0.5) is 19.0 Å². The zero-order valence-corrected chi connectivity index (χ0v) is 11.1. The molecule has 0 saturated carbocycles. The largest absolute Gasteiger partial charge is 0.481 e. The number of pyridine rings is 1. The first-order chi connectivity index (χ1) is 9.75. The van der Waals surface area contributed by atoms with Gasteiger partial charge in [0.2, 0.25) is 0 Å². The number of halogens is 3. The minimum absolute atomic E-state index is 0.107. The van der Waals surface area contributed by atoms with Crippen LogP contribution in [0.2, 0.25) is 0 Å². The number of aliphatic carboxylic acids is 1. The van der Waals surface area contributed by atoms with Gasteiger partial charge in [0, 0.05) is 19.3 Å². The predicted molar refractivity (Wildman–Crippen MR) is 66.6 cm³/mol. The molecule has 1 aromatic rings. The quantitative estimate of drug-likeness (QED) is 0.903. The van der Waals surface area contributed by atoms with E-state index in [1.807, 2.05) is 6.07 Å². The molecule has 21 heavy (non-hydrogen) atoms. The van der Waals surface area contributed by atoms with Gasteiger partial charge in [-0.25, -0.2) is 4.98 Å². The van der Waals surface area contributed by atoms with Crippen molar-refractivity contribution >= 4 is 11.8 Å². The summed E-state index contributed by atoms with van der Waals surface area (Å²) < 4.78 is 38.8. The van der Waals surface area contributed by atoms with Crippen LogP contribution in [0.1, 0.15) is 11.1 Å². The van der Waals surface area contributed by atoms with E-state index in [0.717, 1.165) is 0 Å². The normalized spacial score (nSPS) is 22.1. The van der Waals surface area contributed by atoms with Crippen molar-refractivity contribution in [3.63, 3.8) is 0 Å². The van der Waals surface area contributed by atoms with Crippen LogP contribution in [0.5, 0.6) is 0 Å². The lowest BCUT2D eigenvalue weighted by atomic mass is 9.96. The van der Waals surface area contributed by atoms with E-state index in [9.17, 15) is 18.0 Å². The number of rotatable bonds is 2. The molecule has 2 atom stereocenters. The number of carbonyl (C=O) groups is 1. The van der Waals surface area contributed by atoms with Crippen LogP contribution in [-0.4, -0.2) is 35.3 Å². The smallest absolute Gasteiger partial charge is 0.394 e. The third-order valence-corrected chi connectivity index (χ3v) is 3.61. The number of nitrogens with zero attached hydrogens (tertiary/aromatic N) is 3. The lowest BCUT2D eigenvalue weighted by molar-refractivity contribution is -0.187. The van der Waals surface area contributed by atoms with Crippen LogP contribution in [0.15, 0.2) is 12.3 Å². The minimum atomic E-state index is -4.60. The number of anilines is 1. The molecule has 0 unspecified atom stereocenters.